The predicted octanol–water partition coefficient (Wildman–Crippen LogP) is 8.87. The molecule has 1 heterocycles. The third-order valence-electron chi connectivity index (χ3n) is 6.09. The molecule has 1 aromatic carbocycles. The van der Waals surface area contributed by atoms with Crippen LogP contribution in [0.3, 0.4) is 0 Å². The van der Waals surface area contributed by atoms with Gasteiger partial charge in [-0.2, -0.15) is 0 Å². The summed E-state index contributed by atoms with van der Waals surface area (Å²) in [5.74, 6) is 0. The van der Waals surface area contributed by atoms with E-state index in [1.165, 1.54) is 91.8 Å². The maximum atomic E-state index is 2.57. The Bertz CT molecular complexity index is 698. The van der Waals surface area contributed by atoms with Crippen molar-refractivity contribution in [1.82, 2.24) is 0 Å². The molecule has 0 aliphatic carbocycles. The second kappa shape index (κ2) is 12.0. The van der Waals surface area contributed by atoms with Crippen molar-refractivity contribution in [3.8, 4) is 10.4 Å². The van der Waals surface area contributed by atoms with Crippen molar-refractivity contribution in [3.05, 3.63) is 41.5 Å². The Morgan fingerprint density at radius 3 is 2.00 bits per heavy atom. The molecule has 0 saturated carbocycles. The first-order valence-electron chi connectivity index (χ1n) is 11.6. The fourth-order valence-electron chi connectivity index (χ4n) is 4.03. The first kappa shape index (κ1) is 23.4. The van der Waals surface area contributed by atoms with Crippen molar-refractivity contribution < 1.29 is 0 Å². The SMILES string of the molecule is CCCCCCCCCCCC[Si](C)(C)c1ccc(-c2cc(C)ccc2C)s1. The molecular formula is C26H42SSi. The zero-order valence-corrected chi connectivity index (χ0v) is 20.9. The molecule has 0 atom stereocenters. The number of rotatable bonds is 13. The monoisotopic (exact) mass is 414 g/mol. The summed E-state index contributed by atoms with van der Waals surface area (Å²) >= 11 is 2.06. The summed E-state index contributed by atoms with van der Waals surface area (Å²) in [7, 11) is -1.29. The predicted molar refractivity (Wildman–Crippen MR) is 133 cm³/mol. The van der Waals surface area contributed by atoms with Crippen LogP contribution in [-0.2, 0) is 0 Å². The van der Waals surface area contributed by atoms with Gasteiger partial charge >= 0.3 is 0 Å². The van der Waals surface area contributed by atoms with Crippen molar-refractivity contribution in [2.24, 2.45) is 0 Å². The first-order valence-corrected chi connectivity index (χ1v) is 15.6. The molecule has 0 radical (unpaired) electrons. The van der Waals surface area contributed by atoms with Crippen molar-refractivity contribution in [2.75, 3.05) is 0 Å². The average Bonchev–Trinajstić information content (AvgIpc) is 3.16. The zero-order valence-electron chi connectivity index (χ0n) is 19.1. The number of benzene rings is 1. The van der Waals surface area contributed by atoms with Crippen molar-refractivity contribution in [1.29, 1.82) is 0 Å². The minimum atomic E-state index is -1.29. The zero-order chi connectivity index (χ0) is 20.4. The average molecular weight is 415 g/mol. The summed E-state index contributed by atoms with van der Waals surface area (Å²) in [4.78, 5) is 1.46. The van der Waals surface area contributed by atoms with Gasteiger partial charge in [-0.3, -0.25) is 0 Å². The van der Waals surface area contributed by atoms with Crippen molar-refractivity contribution in [3.63, 3.8) is 0 Å². The van der Waals surface area contributed by atoms with E-state index >= 15 is 0 Å². The smallest absolute Gasteiger partial charge is 0.0934 e. The van der Waals surface area contributed by atoms with Crippen LogP contribution in [0.15, 0.2) is 30.3 Å². The Kier molecular flexibility index (Phi) is 10.0. The van der Waals surface area contributed by atoms with Crippen LogP contribution in [0.1, 0.15) is 82.3 Å². The molecule has 1 aromatic heterocycles. The number of hydrogen-bond acceptors (Lipinski definition) is 1. The van der Waals surface area contributed by atoms with Crippen molar-refractivity contribution in [2.45, 2.75) is 104 Å². The standard InChI is InChI=1S/C26H42SSi/c1-6-7-8-9-10-11-12-13-14-15-20-28(4,5)26-19-18-25(27-26)24-21-22(2)16-17-23(24)3/h16-19,21H,6-15,20H2,1-5H3. The lowest BCUT2D eigenvalue weighted by atomic mass is 10.0. The normalized spacial score (nSPS) is 11.9. The topological polar surface area (TPSA) is 0 Å². The van der Waals surface area contributed by atoms with Gasteiger partial charge in [-0.25, -0.2) is 0 Å². The summed E-state index contributed by atoms with van der Waals surface area (Å²) in [6, 6.07) is 13.1. The maximum absolute atomic E-state index is 2.57. The number of aryl methyl sites for hydroxylation is 2. The molecule has 0 fully saturated rings. The Morgan fingerprint density at radius 2 is 1.36 bits per heavy atom. The van der Waals surface area contributed by atoms with E-state index in [1.54, 1.807) is 4.50 Å². The second-order valence-electron chi connectivity index (χ2n) is 9.30. The van der Waals surface area contributed by atoms with E-state index in [1.807, 2.05) is 0 Å². The van der Waals surface area contributed by atoms with Gasteiger partial charge in [0.05, 0.1) is 8.07 Å². The molecule has 0 saturated heterocycles. The van der Waals surface area contributed by atoms with Crippen molar-refractivity contribution >= 4 is 23.9 Å². The minimum absolute atomic E-state index is 1.29. The molecule has 0 bridgehead atoms. The van der Waals surface area contributed by atoms with Crippen LogP contribution < -0.4 is 4.50 Å². The molecule has 0 nitrogen and oxygen atoms in total. The molecule has 0 amide bonds. The molecule has 0 aliphatic rings. The molecule has 0 spiro atoms. The summed E-state index contributed by atoms with van der Waals surface area (Å²) in [6.45, 7) is 11.9. The summed E-state index contributed by atoms with van der Waals surface area (Å²) in [5.41, 5.74) is 4.19. The number of thiophene rings is 1. The molecule has 2 rings (SSSR count). The van der Waals surface area contributed by atoms with Gasteiger partial charge in [-0.15, -0.1) is 11.3 Å². The summed E-state index contributed by atoms with van der Waals surface area (Å²) in [5, 5.41) is 0. The van der Waals surface area contributed by atoms with Crippen LogP contribution in [0.2, 0.25) is 19.1 Å². The highest BCUT2D eigenvalue weighted by atomic mass is 32.1. The summed E-state index contributed by atoms with van der Waals surface area (Å²) < 4.78 is 1.68. The second-order valence-corrected chi connectivity index (χ2v) is 15.6. The minimum Gasteiger partial charge on any atom is -0.145 e. The summed E-state index contributed by atoms with van der Waals surface area (Å²) in [6.07, 6.45) is 14.3. The molecule has 156 valence electrons. The van der Waals surface area contributed by atoms with Gasteiger partial charge in [0.2, 0.25) is 0 Å². The largest absolute Gasteiger partial charge is 0.145 e. The highest BCUT2D eigenvalue weighted by molar-refractivity contribution is 7.29. The highest BCUT2D eigenvalue weighted by Gasteiger charge is 2.25. The fourth-order valence-corrected chi connectivity index (χ4v) is 8.52. The Balaban J connectivity index is 1.74. The van der Waals surface area contributed by atoms with Gasteiger partial charge in [0, 0.05) is 4.88 Å². The molecule has 2 aromatic rings. The Labute approximate surface area is 179 Å². The van der Waals surface area contributed by atoms with E-state index in [4.69, 9.17) is 0 Å². The van der Waals surface area contributed by atoms with Crippen LogP contribution in [-0.4, -0.2) is 8.07 Å². The van der Waals surface area contributed by atoms with E-state index < -0.39 is 8.07 Å². The lowest BCUT2D eigenvalue weighted by Crippen LogP contribution is -2.38. The molecule has 2 heteroatoms. The molecule has 0 N–H and O–H groups in total. The van der Waals surface area contributed by atoms with Gasteiger partial charge in [0.15, 0.2) is 0 Å². The fraction of sp³-hybridized carbons (Fsp3) is 0.615. The van der Waals surface area contributed by atoms with Crippen LogP contribution in [0.5, 0.6) is 0 Å². The maximum Gasteiger partial charge on any atom is 0.0934 e. The van der Waals surface area contributed by atoms with Crippen LogP contribution in [0.4, 0.5) is 0 Å². The molecule has 28 heavy (non-hydrogen) atoms. The quantitative estimate of drug-likeness (QED) is 0.227. The Hall–Kier alpha value is -0.863. The van der Waals surface area contributed by atoms with Gasteiger partial charge in [-0.05, 0) is 35.5 Å². The van der Waals surface area contributed by atoms with E-state index in [-0.39, 0.29) is 0 Å². The van der Waals surface area contributed by atoms with E-state index in [0.29, 0.717) is 0 Å². The third-order valence-corrected chi connectivity index (χ3v) is 12.1. The molecular weight excluding hydrogens is 372 g/mol. The lowest BCUT2D eigenvalue weighted by Gasteiger charge is -2.20. The van der Waals surface area contributed by atoms with E-state index in [9.17, 15) is 0 Å². The molecule has 0 unspecified atom stereocenters. The third kappa shape index (κ3) is 7.52. The highest BCUT2D eigenvalue weighted by Crippen LogP contribution is 2.30. The van der Waals surface area contributed by atoms with Crippen LogP contribution >= 0.6 is 11.3 Å². The van der Waals surface area contributed by atoms with Crippen LogP contribution in [0, 0.1) is 13.8 Å². The number of hydrogen-bond donors (Lipinski definition) is 0. The van der Waals surface area contributed by atoms with Gasteiger partial charge < -0.3 is 0 Å². The molecule has 0 aliphatic heterocycles. The lowest BCUT2D eigenvalue weighted by molar-refractivity contribution is 0.561. The van der Waals surface area contributed by atoms with Gasteiger partial charge in [0.1, 0.15) is 0 Å². The van der Waals surface area contributed by atoms with Gasteiger partial charge in [-0.1, -0.05) is 120 Å². The number of unbranched alkanes of at least 4 members (excludes halogenated alkanes) is 9. The van der Waals surface area contributed by atoms with Gasteiger partial charge in [0.25, 0.3) is 0 Å². The van der Waals surface area contributed by atoms with Crippen LogP contribution in [0.25, 0.3) is 10.4 Å². The van der Waals surface area contributed by atoms with E-state index in [0.717, 1.165) is 0 Å². The Morgan fingerprint density at radius 1 is 0.750 bits per heavy atom. The van der Waals surface area contributed by atoms with E-state index in [2.05, 4.69) is 75.5 Å². The first-order chi connectivity index (χ1) is 13.4.